The van der Waals surface area contributed by atoms with Crippen molar-refractivity contribution in [3.63, 3.8) is 0 Å². The predicted molar refractivity (Wildman–Crippen MR) is 121 cm³/mol. The third-order valence-corrected chi connectivity index (χ3v) is 6.73. The number of carbonyl (C=O) groups excluding carboxylic acids is 1. The standard InChI is InChI=1S/C23H21ClN2O5S/c24-19-11-10-17(12-22(19)32(28,29)26-13-16-6-2-1-3-7-16)23(27)25-14-18-15-30-20-8-4-5-9-21(20)31-18/h1-12,18,26H,13-15H2,(H,25,27)/t18-/m0/s1. The lowest BCUT2D eigenvalue weighted by Gasteiger charge is -2.26. The van der Waals surface area contributed by atoms with E-state index in [0.29, 0.717) is 18.1 Å². The third kappa shape index (κ3) is 5.21. The number of fused-ring (bicyclic) bond motifs is 1. The van der Waals surface area contributed by atoms with Crippen molar-refractivity contribution in [1.82, 2.24) is 10.0 Å². The van der Waals surface area contributed by atoms with Crippen LogP contribution >= 0.6 is 11.6 Å². The number of rotatable bonds is 7. The van der Waals surface area contributed by atoms with Gasteiger partial charge in [0, 0.05) is 12.1 Å². The van der Waals surface area contributed by atoms with Gasteiger partial charge in [-0.25, -0.2) is 13.1 Å². The molecule has 1 heterocycles. The molecule has 3 aromatic rings. The third-order valence-electron chi connectivity index (χ3n) is 4.85. The van der Waals surface area contributed by atoms with Crippen LogP contribution in [0.4, 0.5) is 0 Å². The molecular formula is C23H21ClN2O5S. The Morgan fingerprint density at radius 3 is 2.50 bits per heavy atom. The van der Waals surface area contributed by atoms with Gasteiger partial charge in [0.2, 0.25) is 10.0 Å². The van der Waals surface area contributed by atoms with E-state index in [-0.39, 0.29) is 34.7 Å². The molecule has 0 spiro atoms. The molecule has 0 aromatic heterocycles. The highest BCUT2D eigenvalue weighted by Crippen LogP contribution is 2.30. The summed E-state index contributed by atoms with van der Waals surface area (Å²) in [6, 6.07) is 20.5. The Bertz CT molecular complexity index is 1220. The van der Waals surface area contributed by atoms with Gasteiger partial charge in [-0.05, 0) is 35.9 Å². The summed E-state index contributed by atoms with van der Waals surface area (Å²) in [6.07, 6.45) is -0.364. The molecule has 9 heteroatoms. The van der Waals surface area contributed by atoms with Crippen molar-refractivity contribution in [1.29, 1.82) is 0 Å². The van der Waals surface area contributed by atoms with Crippen LogP contribution in [-0.2, 0) is 16.6 Å². The molecule has 0 fully saturated rings. The first-order chi connectivity index (χ1) is 15.4. The Morgan fingerprint density at radius 2 is 1.72 bits per heavy atom. The molecule has 0 saturated carbocycles. The lowest BCUT2D eigenvalue weighted by atomic mass is 10.2. The number of nitrogens with one attached hydrogen (secondary N) is 2. The average molecular weight is 473 g/mol. The minimum Gasteiger partial charge on any atom is -0.486 e. The largest absolute Gasteiger partial charge is 0.486 e. The summed E-state index contributed by atoms with van der Waals surface area (Å²) in [7, 11) is -3.92. The summed E-state index contributed by atoms with van der Waals surface area (Å²) >= 11 is 6.13. The van der Waals surface area contributed by atoms with E-state index in [0.717, 1.165) is 5.56 Å². The molecule has 1 aliphatic rings. The maximum Gasteiger partial charge on any atom is 0.251 e. The number of sulfonamides is 1. The maximum atomic E-state index is 12.8. The summed E-state index contributed by atoms with van der Waals surface area (Å²) in [6.45, 7) is 0.599. The molecule has 0 radical (unpaired) electrons. The Kier molecular flexibility index (Phi) is 6.64. The van der Waals surface area contributed by atoms with Crippen LogP contribution in [0, 0.1) is 0 Å². The van der Waals surface area contributed by atoms with E-state index in [1.807, 2.05) is 48.5 Å². The number of para-hydroxylation sites is 2. The number of ether oxygens (including phenoxy) is 2. The second kappa shape index (κ2) is 9.60. The van der Waals surface area contributed by atoms with Gasteiger partial charge < -0.3 is 14.8 Å². The van der Waals surface area contributed by atoms with Crippen molar-refractivity contribution in [3.8, 4) is 11.5 Å². The van der Waals surface area contributed by atoms with Gasteiger partial charge in [-0.15, -0.1) is 0 Å². The van der Waals surface area contributed by atoms with E-state index in [1.165, 1.54) is 18.2 Å². The smallest absolute Gasteiger partial charge is 0.251 e. The maximum absolute atomic E-state index is 12.8. The first kappa shape index (κ1) is 22.1. The highest BCUT2D eigenvalue weighted by atomic mass is 35.5. The van der Waals surface area contributed by atoms with Gasteiger partial charge in [-0.3, -0.25) is 4.79 Å². The topological polar surface area (TPSA) is 93.7 Å². The van der Waals surface area contributed by atoms with Crippen LogP contribution in [-0.4, -0.2) is 33.6 Å². The number of carbonyl (C=O) groups is 1. The van der Waals surface area contributed by atoms with E-state index in [1.54, 1.807) is 6.07 Å². The van der Waals surface area contributed by atoms with E-state index < -0.39 is 15.9 Å². The summed E-state index contributed by atoms with van der Waals surface area (Å²) in [5, 5.41) is 2.78. The van der Waals surface area contributed by atoms with Gasteiger partial charge >= 0.3 is 0 Å². The van der Waals surface area contributed by atoms with Crippen molar-refractivity contribution in [2.75, 3.05) is 13.2 Å². The van der Waals surface area contributed by atoms with Crippen LogP contribution in [0.25, 0.3) is 0 Å². The molecule has 1 amide bonds. The first-order valence-corrected chi connectivity index (χ1v) is 11.8. The zero-order valence-electron chi connectivity index (χ0n) is 17.0. The molecule has 0 unspecified atom stereocenters. The zero-order valence-corrected chi connectivity index (χ0v) is 18.5. The molecule has 1 atom stereocenters. The van der Waals surface area contributed by atoms with Crippen molar-refractivity contribution in [3.05, 3.63) is 88.9 Å². The van der Waals surface area contributed by atoms with E-state index in [4.69, 9.17) is 21.1 Å². The number of hydrogen-bond donors (Lipinski definition) is 2. The van der Waals surface area contributed by atoms with Crippen molar-refractivity contribution in [2.45, 2.75) is 17.5 Å². The molecule has 1 aliphatic heterocycles. The first-order valence-electron chi connectivity index (χ1n) is 9.92. The summed E-state index contributed by atoms with van der Waals surface area (Å²) in [5.41, 5.74) is 0.976. The van der Waals surface area contributed by atoms with Crippen LogP contribution < -0.4 is 19.5 Å². The van der Waals surface area contributed by atoms with E-state index >= 15 is 0 Å². The minimum atomic E-state index is -3.92. The summed E-state index contributed by atoms with van der Waals surface area (Å²) in [4.78, 5) is 12.5. The number of amides is 1. The monoisotopic (exact) mass is 472 g/mol. The van der Waals surface area contributed by atoms with Gasteiger partial charge in [0.05, 0.1) is 11.6 Å². The Balaban J connectivity index is 1.41. The van der Waals surface area contributed by atoms with Gasteiger partial charge in [0.1, 0.15) is 17.6 Å². The lowest BCUT2D eigenvalue weighted by Crippen LogP contribution is -2.40. The Labute approximate surface area is 191 Å². The second-order valence-corrected chi connectivity index (χ2v) is 9.31. The van der Waals surface area contributed by atoms with Crippen LogP contribution in [0.3, 0.4) is 0 Å². The molecule has 3 aromatic carbocycles. The molecule has 32 heavy (non-hydrogen) atoms. The highest BCUT2D eigenvalue weighted by molar-refractivity contribution is 7.89. The molecular weight excluding hydrogens is 452 g/mol. The van der Waals surface area contributed by atoms with Crippen LogP contribution in [0.1, 0.15) is 15.9 Å². The van der Waals surface area contributed by atoms with Crippen molar-refractivity contribution < 1.29 is 22.7 Å². The van der Waals surface area contributed by atoms with Crippen LogP contribution in [0.2, 0.25) is 5.02 Å². The number of benzene rings is 3. The predicted octanol–water partition coefficient (Wildman–Crippen LogP) is 3.39. The van der Waals surface area contributed by atoms with Gasteiger partial charge in [0.15, 0.2) is 11.5 Å². The molecule has 0 bridgehead atoms. The van der Waals surface area contributed by atoms with Crippen LogP contribution in [0.5, 0.6) is 11.5 Å². The van der Waals surface area contributed by atoms with Gasteiger partial charge in [0.25, 0.3) is 5.91 Å². The average Bonchev–Trinajstić information content (AvgIpc) is 2.82. The molecule has 4 rings (SSSR count). The second-order valence-electron chi connectivity index (χ2n) is 7.16. The fraction of sp³-hybridized carbons (Fsp3) is 0.174. The summed E-state index contributed by atoms with van der Waals surface area (Å²) in [5.74, 6) is 0.830. The molecule has 2 N–H and O–H groups in total. The van der Waals surface area contributed by atoms with Gasteiger partial charge in [-0.1, -0.05) is 54.1 Å². The van der Waals surface area contributed by atoms with E-state index in [2.05, 4.69) is 10.0 Å². The van der Waals surface area contributed by atoms with E-state index in [9.17, 15) is 13.2 Å². The van der Waals surface area contributed by atoms with Crippen molar-refractivity contribution in [2.24, 2.45) is 0 Å². The molecule has 166 valence electrons. The highest BCUT2D eigenvalue weighted by Gasteiger charge is 2.23. The number of hydrogen-bond acceptors (Lipinski definition) is 5. The molecule has 7 nitrogen and oxygen atoms in total. The molecule has 0 saturated heterocycles. The van der Waals surface area contributed by atoms with Crippen LogP contribution in [0.15, 0.2) is 77.7 Å². The minimum absolute atomic E-state index is 0.0303. The van der Waals surface area contributed by atoms with Crippen molar-refractivity contribution >= 4 is 27.5 Å². The normalized spacial score (nSPS) is 15.2. The SMILES string of the molecule is O=C(NC[C@H]1COc2ccccc2O1)c1ccc(Cl)c(S(=O)(=O)NCc2ccccc2)c1. The Morgan fingerprint density at radius 1 is 1.00 bits per heavy atom. The van der Waals surface area contributed by atoms with Gasteiger partial charge in [-0.2, -0.15) is 0 Å². The fourth-order valence-corrected chi connectivity index (χ4v) is 4.72. The summed E-state index contributed by atoms with van der Waals surface area (Å²) < 4.78 is 39.5. The quantitative estimate of drug-likeness (QED) is 0.549. The number of halogens is 1. The Hall–Kier alpha value is -3.07. The zero-order chi connectivity index (χ0) is 22.6. The fourth-order valence-electron chi connectivity index (χ4n) is 3.17. The lowest BCUT2D eigenvalue weighted by molar-refractivity contribution is 0.0789. The molecule has 0 aliphatic carbocycles.